The summed E-state index contributed by atoms with van der Waals surface area (Å²) in [6.45, 7) is 9.34. The highest BCUT2D eigenvalue weighted by Gasteiger charge is 2.22. The van der Waals surface area contributed by atoms with E-state index in [1.807, 2.05) is 31.2 Å². The van der Waals surface area contributed by atoms with Crippen LogP contribution in [0.25, 0.3) is 0 Å². The highest BCUT2D eigenvalue weighted by Crippen LogP contribution is 2.21. The number of aryl methyl sites for hydroxylation is 1. The lowest BCUT2D eigenvalue weighted by atomic mass is 10.0. The Morgan fingerprint density at radius 1 is 1.28 bits per heavy atom. The van der Waals surface area contributed by atoms with Crippen LogP contribution >= 0.6 is 11.3 Å². The van der Waals surface area contributed by atoms with Gasteiger partial charge >= 0.3 is 0 Å². The topological polar surface area (TPSA) is 45.2 Å². The monoisotopic (exact) mass is 357 g/mol. The first-order valence-corrected chi connectivity index (χ1v) is 9.93. The molecule has 1 aromatic heterocycles. The molecule has 1 N–H and O–H groups in total. The van der Waals surface area contributed by atoms with Gasteiger partial charge in [-0.3, -0.25) is 9.69 Å². The van der Waals surface area contributed by atoms with Gasteiger partial charge in [0.05, 0.1) is 10.7 Å². The Labute approximate surface area is 154 Å². The van der Waals surface area contributed by atoms with Gasteiger partial charge in [0.2, 0.25) is 0 Å². The van der Waals surface area contributed by atoms with Crippen LogP contribution in [0.4, 0.5) is 0 Å². The lowest BCUT2D eigenvalue weighted by Crippen LogP contribution is -2.44. The van der Waals surface area contributed by atoms with Gasteiger partial charge in [0.1, 0.15) is 0 Å². The van der Waals surface area contributed by atoms with Crippen LogP contribution in [0.5, 0.6) is 0 Å². The molecule has 0 unspecified atom stereocenters. The number of rotatable bonds is 5. The number of hydrogen-bond acceptors (Lipinski definition) is 4. The first-order chi connectivity index (χ1) is 12.0. The maximum Gasteiger partial charge on any atom is 0.251 e. The van der Waals surface area contributed by atoms with E-state index in [0.29, 0.717) is 5.92 Å². The minimum atomic E-state index is 0.0412. The summed E-state index contributed by atoms with van der Waals surface area (Å²) >= 11 is 1.76. The first-order valence-electron chi connectivity index (χ1n) is 9.05. The van der Waals surface area contributed by atoms with Gasteiger partial charge in [0.15, 0.2) is 0 Å². The largest absolute Gasteiger partial charge is 0.349 e. The molecule has 1 aliphatic heterocycles. The van der Waals surface area contributed by atoms with Crippen molar-refractivity contribution >= 4 is 17.2 Å². The van der Waals surface area contributed by atoms with Crippen LogP contribution in [0.1, 0.15) is 59.2 Å². The van der Waals surface area contributed by atoms with Crippen LogP contribution in [-0.2, 0) is 6.54 Å². The summed E-state index contributed by atoms with van der Waals surface area (Å²) in [5.74, 6) is 0.543. The molecule has 0 bridgehead atoms. The van der Waals surface area contributed by atoms with Crippen LogP contribution in [-0.4, -0.2) is 34.9 Å². The molecule has 1 fully saturated rings. The van der Waals surface area contributed by atoms with Crippen molar-refractivity contribution in [2.45, 2.75) is 52.1 Å². The van der Waals surface area contributed by atoms with Crippen LogP contribution in [0, 0.1) is 6.92 Å². The Morgan fingerprint density at radius 3 is 2.56 bits per heavy atom. The number of carbonyl (C=O) groups excluding carboxylic acids is 1. The second kappa shape index (κ2) is 8.11. The Hall–Kier alpha value is -1.72. The zero-order valence-electron chi connectivity index (χ0n) is 15.3. The number of carbonyl (C=O) groups is 1. The molecule has 1 aromatic carbocycles. The van der Waals surface area contributed by atoms with E-state index >= 15 is 0 Å². The van der Waals surface area contributed by atoms with Crippen molar-refractivity contribution in [2.75, 3.05) is 13.1 Å². The summed E-state index contributed by atoms with van der Waals surface area (Å²) in [7, 11) is 0. The highest BCUT2D eigenvalue weighted by molar-refractivity contribution is 7.09. The molecule has 0 saturated carbocycles. The number of aromatic nitrogens is 1. The average molecular weight is 358 g/mol. The zero-order chi connectivity index (χ0) is 17.8. The van der Waals surface area contributed by atoms with Crippen molar-refractivity contribution in [3.63, 3.8) is 0 Å². The normalized spacial score (nSPS) is 16.3. The molecule has 1 saturated heterocycles. The quantitative estimate of drug-likeness (QED) is 0.881. The van der Waals surface area contributed by atoms with E-state index in [1.54, 1.807) is 11.3 Å². The van der Waals surface area contributed by atoms with Gasteiger partial charge in [-0.15, -0.1) is 11.3 Å². The number of amides is 1. The summed E-state index contributed by atoms with van der Waals surface area (Å²) in [5.41, 5.74) is 3.10. The molecule has 0 spiro atoms. The Bertz CT molecular complexity index is 700. The molecular formula is C20H27N3OS. The highest BCUT2D eigenvalue weighted by atomic mass is 32.1. The molecule has 2 heterocycles. The number of thiazole rings is 1. The molecule has 3 rings (SSSR count). The van der Waals surface area contributed by atoms with E-state index in [2.05, 4.69) is 29.4 Å². The molecule has 25 heavy (non-hydrogen) atoms. The fourth-order valence-electron chi connectivity index (χ4n) is 3.10. The van der Waals surface area contributed by atoms with Gasteiger partial charge in [0, 0.05) is 42.5 Å². The molecule has 5 heteroatoms. The standard InChI is InChI=1S/C20H27N3OS/c1-14(2)20-22-18(13-25-20)12-23-10-8-17(9-11-23)21-19(24)16-6-4-15(3)5-7-16/h4-7,13-14,17H,8-12H2,1-3H3,(H,21,24). The van der Waals surface area contributed by atoms with Gasteiger partial charge in [-0.25, -0.2) is 4.98 Å². The predicted octanol–water partition coefficient (Wildman–Crippen LogP) is 3.97. The molecule has 1 amide bonds. The average Bonchev–Trinajstić information content (AvgIpc) is 3.06. The minimum Gasteiger partial charge on any atom is -0.349 e. The molecular weight excluding hydrogens is 330 g/mol. The summed E-state index contributed by atoms with van der Waals surface area (Å²) < 4.78 is 0. The first kappa shape index (κ1) is 18.1. The van der Waals surface area contributed by atoms with Gasteiger partial charge in [-0.05, 0) is 31.9 Å². The lowest BCUT2D eigenvalue weighted by molar-refractivity contribution is 0.0908. The van der Waals surface area contributed by atoms with Crippen molar-refractivity contribution in [3.05, 3.63) is 51.5 Å². The molecule has 134 valence electrons. The van der Waals surface area contributed by atoms with Crippen molar-refractivity contribution < 1.29 is 4.79 Å². The van der Waals surface area contributed by atoms with E-state index in [-0.39, 0.29) is 11.9 Å². The van der Waals surface area contributed by atoms with E-state index in [0.717, 1.165) is 38.0 Å². The fourth-order valence-corrected chi connectivity index (χ4v) is 3.92. The van der Waals surface area contributed by atoms with E-state index < -0.39 is 0 Å². The third-order valence-electron chi connectivity index (χ3n) is 4.69. The van der Waals surface area contributed by atoms with Gasteiger partial charge in [-0.2, -0.15) is 0 Å². The number of hydrogen-bond donors (Lipinski definition) is 1. The molecule has 1 aliphatic rings. The maximum atomic E-state index is 12.3. The second-order valence-corrected chi connectivity index (χ2v) is 8.11. The smallest absolute Gasteiger partial charge is 0.251 e. The van der Waals surface area contributed by atoms with Crippen molar-refractivity contribution in [2.24, 2.45) is 0 Å². The molecule has 0 radical (unpaired) electrons. The Kier molecular flexibility index (Phi) is 5.86. The number of nitrogens with one attached hydrogen (secondary N) is 1. The Morgan fingerprint density at radius 2 is 1.96 bits per heavy atom. The number of nitrogens with zero attached hydrogens (tertiary/aromatic N) is 2. The number of piperidine rings is 1. The van der Waals surface area contributed by atoms with Crippen LogP contribution < -0.4 is 5.32 Å². The minimum absolute atomic E-state index is 0.0412. The summed E-state index contributed by atoms with van der Waals surface area (Å²) in [6, 6.07) is 8.03. The van der Waals surface area contributed by atoms with Crippen molar-refractivity contribution in [3.8, 4) is 0 Å². The van der Waals surface area contributed by atoms with Crippen molar-refractivity contribution in [1.82, 2.24) is 15.2 Å². The lowest BCUT2D eigenvalue weighted by Gasteiger charge is -2.31. The summed E-state index contributed by atoms with van der Waals surface area (Å²) in [6.07, 6.45) is 2.00. The van der Waals surface area contributed by atoms with Crippen molar-refractivity contribution in [1.29, 1.82) is 0 Å². The van der Waals surface area contributed by atoms with Crippen LogP contribution in [0.2, 0.25) is 0 Å². The number of likely N-dealkylation sites (tertiary alicyclic amines) is 1. The van der Waals surface area contributed by atoms with E-state index in [9.17, 15) is 4.79 Å². The number of benzene rings is 1. The predicted molar refractivity (Wildman–Crippen MR) is 103 cm³/mol. The third-order valence-corrected chi connectivity index (χ3v) is 5.88. The zero-order valence-corrected chi connectivity index (χ0v) is 16.1. The van der Waals surface area contributed by atoms with Crippen LogP contribution in [0.3, 0.4) is 0 Å². The Balaban J connectivity index is 1.46. The molecule has 4 nitrogen and oxygen atoms in total. The van der Waals surface area contributed by atoms with E-state index in [4.69, 9.17) is 4.98 Å². The van der Waals surface area contributed by atoms with Gasteiger partial charge < -0.3 is 5.32 Å². The second-order valence-electron chi connectivity index (χ2n) is 7.22. The SMILES string of the molecule is Cc1ccc(C(=O)NC2CCN(Cc3csc(C(C)C)n3)CC2)cc1. The van der Waals surface area contributed by atoms with Crippen LogP contribution in [0.15, 0.2) is 29.6 Å². The molecule has 0 aliphatic carbocycles. The fraction of sp³-hybridized carbons (Fsp3) is 0.500. The molecule has 0 atom stereocenters. The van der Waals surface area contributed by atoms with Gasteiger partial charge in [-0.1, -0.05) is 31.5 Å². The maximum absolute atomic E-state index is 12.3. The summed E-state index contributed by atoms with van der Waals surface area (Å²) in [5, 5.41) is 6.58. The third kappa shape index (κ3) is 4.89. The summed E-state index contributed by atoms with van der Waals surface area (Å²) in [4.78, 5) is 19.5. The van der Waals surface area contributed by atoms with Gasteiger partial charge in [0.25, 0.3) is 5.91 Å². The molecule has 2 aromatic rings. The van der Waals surface area contributed by atoms with E-state index in [1.165, 1.54) is 16.3 Å².